The Hall–Kier alpha value is -2.28. The molecule has 0 bridgehead atoms. The number of hydrogen-bond acceptors (Lipinski definition) is 2. The van der Waals surface area contributed by atoms with E-state index in [0.29, 0.717) is 15.6 Å². The topological polar surface area (TPSA) is 52.9 Å². The van der Waals surface area contributed by atoms with Crippen LogP contribution in [0, 0.1) is 11.3 Å². The van der Waals surface area contributed by atoms with Gasteiger partial charge in [0, 0.05) is 0 Å². The lowest BCUT2D eigenvalue weighted by atomic mass is 10.1. The zero-order chi connectivity index (χ0) is 16.8. The molecule has 0 fully saturated rings. The van der Waals surface area contributed by atoms with Crippen LogP contribution < -0.4 is 5.32 Å². The molecule has 0 radical (unpaired) electrons. The number of amides is 1. The number of nitriles is 1. The summed E-state index contributed by atoms with van der Waals surface area (Å²) in [5.74, 6) is -0.435. The zero-order valence-corrected chi connectivity index (χ0v) is 13.9. The second-order valence-corrected chi connectivity index (χ2v) is 5.76. The maximum Gasteiger partial charge on any atom is 0.262 e. The molecule has 0 heterocycles. The third kappa shape index (κ3) is 4.59. The molecule has 2 rings (SSSR count). The van der Waals surface area contributed by atoms with Gasteiger partial charge in [-0.1, -0.05) is 59.6 Å². The molecule has 0 unspecified atom stereocenters. The molecule has 1 amide bonds. The van der Waals surface area contributed by atoms with Crippen LogP contribution in [0.5, 0.6) is 0 Å². The molecule has 0 aliphatic heterocycles. The van der Waals surface area contributed by atoms with Crippen LogP contribution in [0.25, 0.3) is 6.08 Å². The Bertz CT molecular complexity index is 779. The lowest BCUT2D eigenvalue weighted by Gasteiger charge is -2.13. The number of carbonyl (C=O) groups excluding carboxylic acids is 1. The van der Waals surface area contributed by atoms with Crippen molar-refractivity contribution in [3.8, 4) is 6.07 Å². The van der Waals surface area contributed by atoms with Crippen molar-refractivity contribution in [2.45, 2.75) is 13.0 Å². The van der Waals surface area contributed by atoms with Crippen LogP contribution >= 0.6 is 23.2 Å². The molecule has 0 aliphatic rings. The Balaban J connectivity index is 2.17. The van der Waals surface area contributed by atoms with Crippen molar-refractivity contribution in [2.75, 3.05) is 0 Å². The third-order valence-electron chi connectivity index (χ3n) is 3.27. The highest BCUT2D eigenvalue weighted by molar-refractivity contribution is 6.42. The number of nitrogens with one attached hydrogen (secondary N) is 1. The SMILES string of the molecule is C[C@H](NC(=O)/C(C#N)=C/c1ccc(Cl)c(Cl)c1)c1ccccc1. The molecule has 5 heteroatoms. The molecular formula is C18H14Cl2N2O. The third-order valence-corrected chi connectivity index (χ3v) is 4.01. The quantitative estimate of drug-likeness (QED) is 0.641. The van der Waals surface area contributed by atoms with Gasteiger partial charge in [0.2, 0.25) is 0 Å². The van der Waals surface area contributed by atoms with E-state index in [1.807, 2.05) is 43.3 Å². The second kappa shape index (κ2) is 7.82. The van der Waals surface area contributed by atoms with Crippen LogP contribution in [0.3, 0.4) is 0 Å². The van der Waals surface area contributed by atoms with Gasteiger partial charge in [0.15, 0.2) is 0 Å². The highest BCUT2D eigenvalue weighted by atomic mass is 35.5. The fourth-order valence-electron chi connectivity index (χ4n) is 2.02. The van der Waals surface area contributed by atoms with Crippen molar-refractivity contribution in [1.82, 2.24) is 5.32 Å². The molecule has 0 saturated heterocycles. The second-order valence-electron chi connectivity index (χ2n) is 4.95. The van der Waals surface area contributed by atoms with Gasteiger partial charge in [-0.3, -0.25) is 4.79 Å². The average molecular weight is 345 g/mol. The van der Waals surface area contributed by atoms with E-state index in [-0.39, 0.29) is 11.6 Å². The minimum Gasteiger partial charge on any atom is -0.345 e. The van der Waals surface area contributed by atoms with Crippen LogP contribution in [-0.4, -0.2) is 5.91 Å². The normalized spacial score (nSPS) is 12.3. The van der Waals surface area contributed by atoms with Gasteiger partial charge in [-0.25, -0.2) is 0 Å². The van der Waals surface area contributed by atoms with Gasteiger partial charge in [0.25, 0.3) is 5.91 Å². The number of hydrogen-bond donors (Lipinski definition) is 1. The van der Waals surface area contributed by atoms with E-state index in [1.165, 1.54) is 6.08 Å². The van der Waals surface area contributed by atoms with Crippen molar-refractivity contribution in [3.05, 3.63) is 75.3 Å². The van der Waals surface area contributed by atoms with Crippen LogP contribution in [0.2, 0.25) is 10.0 Å². The minimum atomic E-state index is -0.435. The van der Waals surface area contributed by atoms with Crippen molar-refractivity contribution < 1.29 is 4.79 Å². The first-order chi connectivity index (χ1) is 11.0. The molecule has 0 saturated carbocycles. The Kier molecular flexibility index (Phi) is 5.81. The van der Waals surface area contributed by atoms with Gasteiger partial charge in [-0.05, 0) is 36.3 Å². The smallest absolute Gasteiger partial charge is 0.262 e. The fraction of sp³-hybridized carbons (Fsp3) is 0.111. The number of benzene rings is 2. The van der Waals surface area contributed by atoms with E-state index in [4.69, 9.17) is 23.2 Å². The van der Waals surface area contributed by atoms with Crippen molar-refractivity contribution >= 4 is 35.2 Å². The molecule has 0 aliphatic carbocycles. The fourth-order valence-corrected chi connectivity index (χ4v) is 2.32. The highest BCUT2D eigenvalue weighted by Gasteiger charge is 2.13. The molecule has 1 atom stereocenters. The van der Waals surface area contributed by atoms with E-state index in [0.717, 1.165) is 5.56 Å². The summed E-state index contributed by atoms with van der Waals surface area (Å²) >= 11 is 11.8. The number of rotatable bonds is 4. The van der Waals surface area contributed by atoms with Crippen molar-refractivity contribution in [2.24, 2.45) is 0 Å². The van der Waals surface area contributed by atoms with Gasteiger partial charge in [-0.15, -0.1) is 0 Å². The summed E-state index contributed by atoms with van der Waals surface area (Å²) in [6, 6.07) is 16.2. The maximum absolute atomic E-state index is 12.3. The van der Waals surface area contributed by atoms with Gasteiger partial charge in [0.1, 0.15) is 11.6 Å². The van der Waals surface area contributed by atoms with E-state index < -0.39 is 5.91 Å². The number of nitrogens with zero attached hydrogens (tertiary/aromatic N) is 1. The van der Waals surface area contributed by atoms with Crippen molar-refractivity contribution in [3.63, 3.8) is 0 Å². The van der Waals surface area contributed by atoms with Crippen LogP contribution in [-0.2, 0) is 4.79 Å². The van der Waals surface area contributed by atoms with Crippen LogP contribution in [0.15, 0.2) is 54.1 Å². The molecule has 23 heavy (non-hydrogen) atoms. The van der Waals surface area contributed by atoms with Crippen molar-refractivity contribution in [1.29, 1.82) is 5.26 Å². The lowest BCUT2D eigenvalue weighted by Crippen LogP contribution is -2.27. The molecule has 3 nitrogen and oxygen atoms in total. The summed E-state index contributed by atoms with van der Waals surface area (Å²) in [5, 5.41) is 12.8. The van der Waals surface area contributed by atoms with E-state index in [9.17, 15) is 10.1 Å². The minimum absolute atomic E-state index is 0.00571. The highest BCUT2D eigenvalue weighted by Crippen LogP contribution is 2.23. The Morgan fingerprint density at radius 1 is 1.17 bits per heavy atom. The average Bonchev–Trinajstić information content (AvgIpc) is 2.56. The molecular weight excluding hydrogens is 331 g/mol. The Morgan fingerprint density at radius 2 is 1.87 bits per heavy atom. The van der Waals surface area contributed by atoms with Gasteiger partial charge >= 0.3 is 0 Å². The number of carbonyl (C=O) groups is 1. The first-order valence-electron chi connectivity index (χ1n) is 6.94. The molecule has 0 aromatic heterocycles. The molecule has 116 valence electrons. The van der Waals surface area contributed by atoms with Gasteiger partial charge < -0.3 is 5.32 Å². The summed E-state index contributed by atoms with van der Waals surface area (Å²) in [5.41, 5.74) is 1.61. The lowest BCUT2D eigenvalue weighted by molar-refractivity contribution is -0.117. The molecule has 1 N–H and O–H groups in total. The van der Waals surface area contributed by atoms with E-state index in [2.05, 4.69) is 5.32 Å². The molecule has 2 aromatic rings. The van der Waals surface area contributed by atoms with Gasteiger partial charge in [-0.2, -0.15) is 5.26 Å². The monoisotopic (exact) mass is 344 g/mol. The summed E-state index contributed by atoms with van der Waals surface area (Å²) in [7, 11) is 0. The Labute approximate surface area is 145 Å². The van der Waals surface area contributed by atoms with Crippen LogP contribution in [0.4, 0.5) is 0 Å². The standard InChI is InChI=1S/C18H14Cl2N2O/c1-12(14-5-3-2-4-6-14)22-18(23)15(11-21)9-13-7-8-16(19)17(20)10-13/h2-10,12H,1H3,(H,22,23)/b15-9+/t12-/m0/s1. The first kappa shape index (κ1) is 17.1. The number of halogens is 2. The summed E-state index contributed by atoms with van der Waals surface area (Å²) < 4.78 is 0. The van der Waals surface area contributed by atoms with E-state index in [1.54, 1.807) is 18.2 Å². The first-order valence-corrected chi connectivity index (χ1v) is 7.69. The largest absolute Gasteiger partial charge is 0.345 e. The molecule has 0 spiro atoms. The maximum atomic E-state index is 12.3. The van der Waals surface area contributed by atoms with Gasteiger partial charge in [0.05, 0.1) is 16.1 Å². The predicted molar refractivity (Wildman–Crippen MR) is 93.1 cm³/mol. The van der Waals surface area contributed by atoms with Crippen LogP contribution in [0.1, 0.15) is 24.1 Å². The predicted octanol–water partition coefficient (Wildman–Crippen LogP) is 4.78. The molecule has 2 aromatic carbocycles. The van der Waals surface area contributed by atoms with E-state index >= 15 is 0 Å². The summed E-state index contributed by atoms with van der Waals surface area (Å²) in [6.45, 7) is 1.86. The zero-order valence-electron chi connectivity index (χ0n) is 12.4. The Morgan fingerprint density at radius 3 is 2.48 bits per heavy atom. The summed E-state index contributed by atoms with van der Waals surface area (Å²) in [4.78, 5) is 12.3. The summed E-state index contributed by atoms with van der Waals surface area (Å²) in [6.07, 6.45) is 1.48.